The number of hydrogen-bond acceptors (Lipinski definition) is 2. The molecule has 0 atom stereocenters. The molecule has 1 saturated heterocycles. The Bertz CT molecular complexity index is 380. The minimum Gasteiger partial charge on any atom is -0.351 e. The zero-order valence-corrected chi connectivity index (χ0v) is 10.5. The van der Waals surface area contributed by atoms with Crippen LogP contribution in [0.3, 0.4) is 0 Å². The highest BCUT2D eigenvalue weighted by atomic mass is 16.1. The second-order valence-electron chi connectivity index (χ2n) is 5.00. The van der Waals surface area contributed by atoms with Crippen LogP contribution in [0, 0.1) is 0 Å². The van der Waals surface area contributed by atoms with Crippen LogP contribution in [0.5, 0.6) is 0 Å². The molecule has 17 heavy (non-hydrogen) atoms. The van der Waals surface area contributed by atoms with Gasteiger partial charge in [0.1, 0.15) is 0 Å². The first kappa shape index (κ1) is 12.1. The van der Waals surface area contributed by atoms with Crippen LogP contribution in [0.25, 0.3) is 0 Å². The molecule has 1 fully saturated rings. The fraction of sp³-hybridized carbons (Fsp3) is 0.500. The van der Waals surface area contributed by atoms with E-state index in [0.717, 1.165) is 18.7 Å². The largest absolute Gasteiger partial charge is 0.351 e. The predicted octanol–water partition coefficient (Wildman–Crippen LogP) is 1.44. The molecule has 1 amide bonds. The van der Waals surface area contributed by atoms with Crippen molar-refractivity contribution in [3.05, 3.63) is 35.4 Å². The Labute approximate surface area is 103 Å². The van der Waals surface area contributed by atoms with E-state index in [1.165, 1.54) is 5.56 Å². The minimum absolute atomic E-state index is 0.119. The van der Waals surface area contributed by atoms with Crippen molar-refractivity contribution in [3.63, 3.8) is 0 Å². The summed E-state index contributed by atoms with van der Waals surface area (Å²) in [7, 11) is 0. The van der Waals surface area contributed by atoms with Gasteiger partial charge in [0.2, 0.25) is 5.91 Å². The summed E-state index contributed by atoms with van der Waals surface area (Å²) in [6.45, 7) is 6.15. The summed E-state index contributed by atoms with van der Waals surface area (Å²) in [5, 5.41) is 6.14. The molecule has 3 nitrogen and oxygen atoms in total. The SMILES string of the molecule is CC(C)c1ccc(CC(=O)NC2CNC2)cc1. The zero-order chi connectivity index (χ0) is 12.3. The first-order valence-corrected chi connectivity index (χ1v) is 6.24. The third kappa shape index (κ3) is 3.30. The molecule has 0 aromatic heterocycles. The lowest BCUT2D eigenvalue weighted by atomic mass is 10.0. The van der Waals surface area contributed by atoms with Gasteiger partial charge in [-0.2, -0.15) is 0 Å². The molecule has 1 aliphatic heterocycles. The van der Waals surface area contributed by atoms with Gasteiger partial charge in [-0.25, -0.2) is 0 Å². The van der Waals surface area contributed by atoms with Gasteiger partial charge < -0.3 is 10.6 Å². The van der Waals surface area contributed by atoms with Gasteiger partial charge in [-0.15, -0.1) is 0 Å². The molecule has 0 aliphatic carbocycles. The van der Waals surface area contributed by atoms with Crippen LogP contribution in [0.1, 0.15) is 30.9 Å². The first-order chi connectivity index (χ1) is 8.15. The number of rotatable bonds is 4. The molecule has 1 heterocycles. The Kier molecular flexibility index (Phi) is 3.79. The molecular formula is C14H20N2O. The van der Waals surface area contributed by atoms with Crippen molar-refractivity contribution in [1.82, 2.24) is 10.6 Å². The fourth-order valence-corrected chi connectivity index (χ4v) is 1.88. The van der Waals surface area contributed by atoms with Crippen molar-refractivity contribution in [2.75, 3.05) is 13.1 Å². The average molecular weight is 232 g/mol. The smallest absolute Gasteiger partial charge is 0.224 e. The maximum Gasteiger partial charge on any atom is 0.224 e. The van der Waals surface area contributed by atoms with Crippen LogP contribution in [-0.2, 0) is 11.2 Å². The summed E-state index contributed by atoms with van der Waals surface area (Å²) >= 11 is 0. The van der Waals surface area contributed by atoms with Crippen molar-refractivity contribution in [1.29, 1.82) is 0 Å². The van der Waals surface area contributed by atoms with E-state index in [1.807, 2.05) is 12.1 Å². The van der Waals surface area contributed by atoms with Gasteiger partial charge >= 0.3 is 0 Å². The molecule has 3 heteroatoms. The summed E-state index contributed by atoms with van der Waals surface area (Å²) in [6.07, 6.45) is 0.481. The molecule has 0 radical (unpaired) electrons. The van der Waals surface area contributed by atoms with Crippen molar-refractivity contribution < 1.29 is 4.79 Å². The number of nitrogens with one attached hydrogen (secondary N) is 2. The summed E-state index contributed by atoms with van der Waals surface area (Å²) in [4.78, 5) is 11.7. The van der Waals surface area contributed by atoms with Gasteiger partial charge in [-0.05, 0) is 17.0 Å². The van der Waals surface area contributed by atoms with Gasteiger partial charge in [0, 0.05) is 13.1 Å². The van der Waals surface area contributed by atoms with Gasteiger partial charge in [0.05, 0.1) is 12.5 Å². The van der Waals surface area contributed by atoms with E-state index in [0.29, 0.717) is 18.4 Å². The number of carbonyl (C=O) groups excluding carboxylic acids is 1. The number of hydrogen-bond donors (Lipinski definition) is 2. The zero-order valence-electron chi connectivity index (χ0n) is 10.5. The monoisotopic (exact) mass is 232 g/mol. The van der Waals surface area contributed by atoms with E-state index in [-0.39, 0.29) is 5.91 Å². The molecule has 0 bridgehead atoms. The molecule has 0 saturated carbocycles. The summed E-state index contributed by atoms with van der Waals surface area (Å²) in [5.74, 6) is 0.660. The molecular weight excluding hydrogens is 212 g/mol. The number of carbonyl (C=O) groups is 1. The Balaban J connectivity index is 1.87. The van der Waals surface area contributed by atoms with Gasteiger partial charge in [-0.3, -0.25) is 4.79 Å². The highest BCUT2D eigenvalue weighted by Gasteiger charge is 2.18. The molecule has 1 aromatic carbocycles. The lowest BCUT2D eigenvalue weighted by Crippen LogP contribution is -2.57. The van der Waals surface area contributed by atoms with Gasteiger partial charge in [0.15, 0.2) is 0 Å². The van der Waals surface area contributed by atoms with E-state index in [4.69, 9.17) is 0 Å². The number of amides is 1. The Hall–Kier alpha value is -1.35. The second-order valence-corrected chi connectivity index (χ2v) is 5.00. The molecule has 1 aromatic rings. The summed E-state index contributed by atoms with van der Waals surface area (Å²) in [5.41, 5.74) is 2.40. The van der Waals surface area contributed by atoms with E-state index in [9.17, 15) is 4.79 Å². The fourth-order valence-electron chi connectivity index (χ4n) is 1.88. The third-order valence-corrected chi connectivity index (χ3v) is 3.16. The molecule has 92 valence electrons. The molecule has 2 N–H and O–H groups in total. The molecule has 0 spiro atoms. The first-order valence-electron chi connectivity index (χ1n) is 6.24. The highest BCUT2D eigenvalue weighted by Crippen LogP contribution is 2.14. The second kappa shape index (κ2) is 5.32. The van der Waals surface area contributed by atoms with Gasteiger partial charge in [0.25, 0.3) is 0 Å². The van der Waals surface area contributed by atoms with Crippen molar-refractivity contribution in [3.8, 4) is 0 Å². The van der Waals surface area contributed by atoms with Crippen LogP contribution < -0.4 is 10.6 Å². The van der Waals surface area contributed by atoms with Crippen LogP contribution in [0.15, 0.2) is 24.3 Å². The predicted molar refractivity (Wildman–Crippen MR) is 69.0 cm³/mol. The van der Waals surface area contributed by atoms with Crippen LogP contribution in [0.4, 0.5) is 0 Å². The summed E-state index contributed by atoms with van der Waals surface area (Å²) in [6, 6.07) is 8.65. The Morgan fingerprint density at radius 1 is 1.35 bits per heavy atom. The van der Waals surface area contributed by atoms with Crippen LogP contribution >= 0.6 is 0 Å². The molecule has 2 rings (SSSR count). The molecule has 1 aliphatic rings. The minimum atomic E-state index is 0.119. The van der Waals surface area contributed by atoms with E-state index in [1.54, 1.807) is 0 Å². The van der Waals surface area contributed by atoms with Crippen molar-refractivity contribution in [2.24, 2.45) is 0 Å². The normalized spacial score (nSPS) is 15.7. The maximum absolute atomic E-state index is 11.7. The van der Waals surface area contributed by atoms with E-state index < -0.39 is 0 Å². The topological polar surface area (TPSA) is 41.1 Å². The lowest BCUT2D eigenvalue weighted by Gasteiger charge is -2.27. The number of benzene rings is 1. The third-order valence-electron chi connectivity index (χ3n) is 3.16. The average Bonchev–Trinajstić information content (AvgIpc) is 2.24. The van der Waals surface area contributed by atoms with E-state index >= 15 is 0 Å². The standard InChI is InChI=1S/C14H20N2O/c1-10(2)12-5-3-11(4-6-12)7-14(17)16-13-8-15-9-13/h3-6,10,13,15H,7-9H2,1-2H3,(H,16,17). The quantitative estimate of drug-likeness (QED) is 0.825. The Morgan fingerprint density at radius 2 is 2.00 bits per heavy atom. The van der Waals surface area contributed by atoms with Crippen LogP contribution in [0.2, 0.25) is 0 Å². The molecule has 0 unspecified atom stereocenters. The lowest BCUT2D eigenvalue weighted by molar-refractivity contribution is -0.121. The Morgan fingerprint density at radius 3 is 2.47 bits per heavy atom. The maximum atomic E-state index is 11.7. The van der Waals surface area contributed by atoms with Crippen molar-refractivity contribution in [2.45, 2.75) is 32.2 Å². The summed E-state index contributed by atoms with van der Waals surface area (Å²) < 4.78 is 0. The van der Waals surface area contributed by atoms with Gasteiger partial charge in [-0.1, -0.05) is 38.1 Å². The van der Waals surface area contributed by atoms with E-state index in [2.05, 4.69) is 36.6 Å². The highest BCUT2D eigenvalue weighted by molar-refractivity contribution is 5.79. The van der Waals surface area contributed by atoms with Crippen molar-refractivity contribution >= 4 is 5.91 Å². The van der Waals surface area contributed by atoms with Crippen LogP contribution in [-0.4, -0.2) is 25.0 Å².